The first kappa shape index (κ1) is 17.3. The van der Waals surface area contributed by atoms with E-state index in [0.717, 1.165) is 0 Å². The average molecular weight is 372 g/mol. The van der Waals surface area contributed by atoms with Crippen LogP contribution < -0.4 is 5.32 Å². The number of amides is 1. The molecule has 0 spiro atoms. The number of carbonyl (C=O) groups is 1. The lowest BCUT2D eigenvalue weighted by Gasteiger charge is -2.06. The fraction of sp³-hybridized carbons (Fsp3) is 0. The van der Waals surface area contributed by atoms with Gasteiger partial charge in [0.25, 0.3) is 5.69 Å². The monoisotopic (exact) mass is 370 g/mol. The number of carbonyl (C=O) groups excluding carboxylic acids is 1. The Balaban J connectivity index is 2.12. The molecule has 0 saturated carbocycles. The maximum atomic E-state index is 11.9. The Morgan fingerprint density at radius 3 is 2.48 bits per heavy atom. The third-order valence-electron chi connectivity index (χ3n) is 2.78. The summed E-state index contributed by atoms with van der Waals surface area (Å²) in [5.74, 6) is -0.461. The number of hydrogen-bond donors (Lipinski definition) is 1. The molecule has 1 amide bonds. The Morgan fingerprint density at radius 1 is 1.09 bits per heavy atom. The first-order valence-electron chi connectivity index (χ1n) is 6.25. The van der Waals surface area contributed by atoms with Crippen LogP contribution in [0.25, 0.3) is 6.08 Å². The zero-order chi connectivity index (χ0) is 17.0. The molecule has 1 N–H and O–H groups in total. The van der Waals surface area contributed by atoms with Gasteiger partial charge in [-0.1, -0.05) is 46.9 Å². The number of benzene rings is 2. The molecule has 2 aromatic carbocycles. The summed E-state index contributed by atoms with van der Waals surface area (Å²) in [7, 11) is 0. The van der Waals surface area contributed by atoms with Crippen molar-refractivity contribution in [3.8, 4) is 0 Å². The highest BCUT2D eigenvalue weighted by Crippen LogP contribution is 2.32. The van der Waals surface area contributed by atoms with E-state index in [9.17, 15) is 14.9 Å². The molecule has 0 aliphatic heterocycles. The van der Waals surface area contributed by atoms with Gasteiger partial charge < -0.3 is 5.32 Å². The molecule has 2 aromatic rings. The average Bonchev–Trinajstić information content (AvgIpc) is 2.51. The van der Waals surface area contributed by atoms with Crippen molar-refractivity contribution in [1.82, 2.24) is 0 Å². The molecule has 118 valence electrons. The van der Waals surface area contributed by atoms with E-state index >= 15 is 0 Å². The minimum absolute atomic E-state index is 0.0555. The van der Waals surface area contributed by atoms with Crippen LogP contribution in [0.5, 0.6) is 0 Å². The Kier molecular flexibility index (Phi) is 5.60. The van der Waals surface area contributed by atoms with E-state index in [-0.39, 0.29) is 20.8 Å². The molecule has 0 saturated heterocycles. The topological polar surface area (TPSA) is 72.2 Å². The van der Waals surface area contributed by atoms with Crippen LogP contribution >= 0.6 is 34.8 Å². The summed E-state index contributed by atoms with van der Waals surface area (Å²) >= 11 is 17.6. The van der Waals surface area contributed by atoms with Gasteiger partial charge in [0.05, 0.1) is 25.7 Å². The second kappa shape index (κ2) is 7.46. The molecule has 0 radical (unpaired) electrons. The van der Waals surface area contributed by atoms with Gasteiger partial charge >= 0.3 is 0 Å². The molecule has 0 aliphatic carbocycles. The van der Waals surface area contributed by atoms with Crippen LogP contribution in [0.4, 0.5) is 11.4 Å². The quantitative estimate of drug-likeness (QED) is 0.347. The predicted molar refractivity (Wildman–Crippen MR) is 92.2 cm³/mol. The number of nitro groups is 1. The summed E-state index contributed by atoms with van der Waals surface area (Å²) < 4.78 is 0. The number of non-ortho nitro benzene ring substituents is 1. The van der Waals surface area contributed by atoms with Crippen molar-refractivity contribution in [3.63, 3.8) is 0 Å². The van der Waals surface area contributed by atoms with Crippen LogP contribution in [-0.2, 0) is 4.79 Å². The van der Waals surface area contributed by atoms with Crippen LogP contribution in [0.2, 0.25) is 15.1 Å². The van der Waals surface area contributed by atoms with E-state index < -0.39 is 10.8 Å². The minimum Gasteiger partial charge on any atom is -0.321 e. The van der Waals surface area contributed by atoms with E-state index in [2.05, 4.69) is 5.32 Å². The molecule has 2 rings (SSSR count). The zero-order valence-electron chi connectivity index (χ0n) is 11.4. The number of halogens is 3. The van der Waals surface area contributed by atoms with Gasteiger partial charge in [-0.2, -0.15) is 0 Å². The largest absolute Gasteiger partial charge is 0.321 e. The maximum Gasteiger partial charge on any atom is 0.270 e. The molecule has 5 nitrogen and oxygen atoms in total. The lowest BCUT2D eigenvalue weighted by molar-refractivity contribution is -0.384. The summed E-state index contributed by atoms with van der Waals surface area (Å²) in [5.41, 5.74) is 0.782. The summed E-state index contributed by atoms with van der Waals surface area (Å²) in [4.78, 5) is 22.1. The van der Waals surface area contributed by atoms with Gasteiger partial charge in [0.15, 0.2) is 0 Å². The lowest BCUT2D eigenvalue weighted by atomic mass is 10.2. The first-order chi connectivity index (χ1) is 10.9. The smallest absolute Gasteiger partial charge is 0.270 e. The molecule has 0 unspecified atom stereocenters. The second-order valence-electron chi connectivity index (χ2n) is 4.42. The summed E-state index contributed by atoms with van der Waals surface area (Å²) in [6.07, 6.45) is 2.69. The lowest BCUT2D eigenvalue weighted by Crippen LogP contribution is -2.08. The van der Waals surface area contributed by atoms with Crippen molar-refractivity contribution < 1.29 is 9.72 Å². The van der Waals surface area contributed by atoms with Crippen LogP contribution in [0.15, 0.2) is 42.5 Å². The molecular weight excluding hydrogens is 363 g/mol. The van der Waals surface area contributed by atoms with E-state index in [4.69, 9.17) is 34.8 Å². The van der Waals surface area contributed by atoms with Crippen LogP contribution in [0.3, 0.4) is 0 Å². The molecule has 0 heterocycles. The van der Waals surface area contributed by atoms with Gasteiger partial charge in [0.1, 0.15) is 0 Å². The number of hydrogen-bond acceptors (Lipinski definition) is 3. The van der Waals surface area contributed by atoms with Gasteiger partial charge in [-0.15, -0.1) is 0 Å². The number of nitrogens with one attached hydrogen (secondary N) is 1. The highest BCUT2D eigenvalue weighted by molar-refractivity contribution is 6.44. The molecule has 23 heavy (non-hydrogen) atoms. The first-order valence-corrected chi connectivity index (χ1v) is 7.38. The Bertz CT molecular complexity index is 807. The third kappa shape index (κ3) is 4.69. The highest BCUT2D eigenvalue weighted by Gasteiger charge is 2.08. The highest BCUT2D eigenvalue weighted by atomic mass is 35.5. The van der Waals surface area contributed by atoms with Gasteiger partial charge in [-0.05, 0) is 23.8 Å². The Morgan fingerprint density at radius 2 is 1.78 bits per heavy atom. The van der Waals surface area contributed by atoms with Gasteiger partial charge in [0.2, 0.25) is 5.91 Å². The van der Waals surface area contributed by atoms with Gasteiger partial charge in [-0.3, -0.25) is 14.9 Å². The van der Waals surface area contributed by atoms with Crippen LogP contribution in [0.1, 0.15) is 5.56 Å². The summed E-state index contributed by atoms with van der Waals surface area (Å²) in [6.45, 7) is 0. The van der Waals surface area contributed by atoms with E-state index in [1.807, 2.05) is 0 Å². The third-order valence-corrected chi connectivity index (χ3v) is 3.81. The molecule has 0 bridgehead atoms. The van der Waals surface area contributed by atoms with Gasteiger partial charge in [0, 0.05) is 18.2 Å². The number of nitro benzene ring substituents is 1. The summed E-state index contributed by atoms with van der Waals surface area (Å²) in [5, 5.41) is 14.0. The molecular formula is C15H9Cl3N2O3. The summed E-state index contributed by atoms with van der Waals surface area (Å²) in [6, 6.07) is 8.76. The fourth-order valence-corrected chi connectivity index (χ4v) is 2.30. The van der Waals surface area contributed by atoms with E-state index in [0.29, 0.717) is 11.3 Å². The van der Waals surface area contributed by atoms with Crippen molar-refractivity contribution in [1.29, 1.82) is 0 Å². The number of nitrogens with zero attached hydrogens (tertiary/aromatic N) is 1. The standard InChI is InChI=1S/C15H9Cl3N2O3/c16-11-7-13(18)14(8-12(11)17)19-15(21)5-4-9-2-1-3-10(6-9)20(22)23/h1-8H,(H,19,21)/b5-4+. The van der Waals surface area contributed by atoms with Gasteiger partial charge in [-0.25, -0.2) is 0 Å². The molecule has 8 heteroatoms. The van der Waals surface area contributed by atoms with Crippen molar-refractivity contribution in [2.24, 2.45) is 0 Å². The number of rotatable bonds is 4. The van der Waals surface area contributed by atoms with Crippen molar-refractivity contribution in [2.45, 2.75) is 0 Å². The molecule has 0 atom stereocenters. The van der Waals surface area contributed by atoms with Crippen molar-refractivity contribution in [3.05, 3.63) is 73.2 Å². The van der Waals surface area contributed by atoms with E-state index in [1.165, 1.54) is 42.5 Å². The number of anilines is 1. The van der Waals surface area contributed by atoms with Crippen molar-refractivity contribution in [2.75, 3.05) is 5.32 Å². The minimum atomic E-state index is -0.507. The van der Waals surface area contributed by atoms with Crippen molar-refractivity contribution >= 4 is 58.2 Å². The second-order valence-corrected chi connectivity index (χ2v) is 5.64. The van der Waals surface area contributed by atoms with Crippen LogP contribution in [-0.4, -0.2) is 10.8 Å². The molecule has 0 fully saturated rings. The molecule has 0 aromatic heterocycles. The fourth-order valence-electron chi connectivity index (χ4n) is 1.71. The Labute approximate surface area is 146 Å². The molecule has 0 aliphatic rings. The Hall–Kier alpha value is -2.08. The normalized spacial score (nSPS) is 10.7. The van der Waals surface area contributed by atoms with E-state index in [1.54, 1.807) is 6.07 Å². The maximum absolute atomic E-state index is 11.9. The van der Waals surface area contributed by atoms with Crippen LogP contribution in [0, 0.1) is 10.1 Å². The predicted octanol–water partition coefficient (Wildman–Crippen LogP) is 5.21. The SMILES string of the molecule is O=C(/C=C/c1cccc([N+](=O)[O-])c1)Nc1cc(Cl)c(Cl)cc1Cl. The zero-order valence-corrected chi connectivity index (χ0v) is 13.7.